The molecule has 2 fully saturated rings. The van der Waals surface area contributed by atoms with Crippen LogP contribution in [0.3, 0.4) is 0 Å². The number of carbonyl (C=O) groups is 1. The lowest BCUT2D eigenvalue weighted by Crippen LogP contribution is -2.53. The molecule has 0 bridgehead atoms. The van der Waals surface area contributed by atoms with Gasteiger partial charge in [0.2, 0.25) is 5.91 Å². The van der Waals surface area contributed by atoms with E-state index in [1.807, 2.05) is 4.90 Å². The second-order valence-corrected chi connectivity index (χ2v) is 5.31. The topological polar surface area (TPSA) is 49.6 Å². The average Bonchev–Trinajstić information content (AvgIpc) is 2.39. The normalized spacial score (nSPS) is 31.5. The van der Waals surface area contributed by atoms with E-state index in [0.717, 1.165) is 45.6 Å². The highest BCUT2D eigenvalue weighted by Gasteiger charge is 2.32. The predicted molar refractivity (Wildman–Crippen MR) is 68.6 cm³/mol. The molecule has 2 unspecified atom stereocenters. The summed E-state index contributed by atoms with van der Waals surface area (Å²) in [6.45, 7) is 7.07. The van der Waals surface area contributed by atoms with Gasteiger partial charge < -0.3 is 15.5 Å². The van der Waals surface area contributed by atoms with Gasteiger partial charge >= 0.3 is 0 Å². The number of likely N-dealkylation sites (N-methyl/N-ethyl adjacent to an activating group) is 1. The van der Waals surface area contributed by atoms with Crippen LogP contribution in [0.2, 0.25) is 0 Å². The van der Waals surface area contributed by atoms with Crippen LogP contribution < -0.4 is 5.73 Å². The Balaban J connectivity index is 1.87. The highest BCUT2D eigenvalue weighted by atomic mass is 16.2. The number of hydrogen-bond acceptors (Lipinski definition) is 3. The molecule has 4 heteroatoms. The van der Waals surface area contributed by atoms with Crippen LogP contribution in [-0.2, 0) is 4.79 Å². The van der Waals surface area contributed by atoms with E-state index in [1.165, 1.54) is 12.8 Å². The second kappa shape index (κ2) is 5.83. The van der Waals surface area contributed by atoms with Gasteiger partial charge in [-0.25, -0.2) is 0 Å². The van der Waals surface area contributed by atoms with Crippen molar-refractivity contribution in [2.75, 3.05) is 32.7 Å². The van der Waals surface area contributed by atoms with Gasteiger partial charge in [-0.1, -0.05) is 19.8 Å². The van der Waals surface area contributed by atoms with Gasteiger partial charge in [-0.3, -0.25) is 4.79 Å². The van der Waals surface area contributed by atoms with Crippen molar-refractivity contribution in [3.63, 3.8) is 0 Å². The second-order valence-electron chi connectivity index (χ2n) is 5.31. The maximum absolute atomic E-state index is 12.4. The van der Waals surface area contributed by atoms with Crippen LogP contribution in [0.5, 0.6) is 0 Å². The molecule has 1 amide bonds. The summed E-state index contributed by atoms with van der Waals surface area (Å²) in [5.41, 5.74) is 6.08. The fourth-order valence-corrected chi connectivity index (χ4v) is 2.99. The van der Waals surface area contributed by atoms with Gasteiger partial charge in [0.25, 0.3) is 0 Å². The first-order valence-corrected chi connectivity index (χ1v) is 6.99. The number of rotatable bonds is 2. The summed E-state index contributed by atoms with van der Waals surface area (Å²) in [5.74, 6) is 0.407. The fourth-order valence-electron chi connectivity index (χ4n) is 2.99. The van der Waals surface area contributed by atoms with Gasteiger partial charge in [-0.15, -0.1) is 0 Å². The minimum absolute atomic E-state index is 0.0944. The summed E-state index contributed by atoms with van der Waals surface area (Å²) < 4.78 is 0. The lowest BCUT2D eigenvalue weighted by atomic mass is 9.84. The number of nitrogens with two attached hydrogens (primary N) is 1. The van der Waals surface area contributed by atoms with Crippen LogP contribution >= 0.6 is 0 Å². The number of carbonyl (C=O) groups excluding carboxylic acids is 1. The molecule has 1 saturated heterocycles. The van der Waals surface area contributed by atoms with Gasteiger partial charge in [0.15, 0.2) is 0 Å². The zero-order valence-corrected chi connectivity index (χ0v) is 10.9. The molecule has 0 aromatic carbocycles. The van der Waals surface area contributed by atoms with Crippen molar-refractivity contribution in [2.24, 2.45) is 11.7 Å². The van der Waals surface area contributed by atoms with Crippen LogP contribution in [0.25, 0.3) is 0 Å². The zero-order chi connectivity index (χ0) is 12.3. The maximum Gasteiger partial charge on any atom is 0.227 e. The summed E-state index contributed by atoms with van der Waals surface area (Å²) in [7, 11) is 0. The number of amides is 1. The minimum Gasteiger partial charge on any atom is -0.340 e. The van der Waals surface area contributed by atoms with E-state index < -0.39 is 0 Å². The maximum atomic E-state index is 12.4. The first kappa shape index (κ1) is 12.8. The van der Waals surface area contributed by atoms with Crippen molar-refractivity contribution in [1.29, 1.82) is 0 Å². The molecule has 1 saturated carbocycles. The smallest absolute Gasteiger partial charge is 0.227 e. The summed E-state index contributed by atoms with van der Waals surface area (Å²) in [6.07, 6.45) is 4.37. The molecule has 1 aliphatic carbocycles. The molecular weight excluding hydrogens is 214 g/mol. The lowest BCUT2D eigenvalue weighted by molar-refractivity contribution is -0.138. The summed E-state index contributed by atoms with van der Waals surface area (Å²) >= 11 is 0. The van der Waals surface area contributed by atoms with Gasteiger partial charge in [0, 0.05) is 32.2 Å². The van der Waals surface area contributed by atoms with E-state index in [9.17, 15) is 4.79 Å². The van der Waals surface area contributed by atoms with E-state index in [0.29, 0.717) is 5.91 Å². The van der Waals surface area contributed by atoms with Crippen LogP contribution in [0.15, 0.2) is 0 Å². The third-order valence-corrected chi connectivity index (χ3v) is 4.27. The molecule has 4 nitrogen and oxygen atoms in total. The highest BCUT2D eigenvalue weighted by Crippen LogP contribution is 2.25. The molecular formula is C13H25N3O. The number of hydrogen-bond donors (Lipinski definition) is 1. The molecule has 1 aliphatic heterocycles. The van der Waals surface area contributed by atoms with Gasteiger partial charge in [0.05, 0.1) is 5.92 Å². The summed E-state index contributed by atoms with van der Waals surface area (Å²) in [4.78, 5) is 16.8. The fraction of sp³-hybridized carbons (Fsp3) is 0.923. The molecule has 0 aromatic rings. The Labute approximate surface area is 104 Å². The Kier molecular flexibility index (Phi) is 4.40. The predicted octanol–water partition coefficient (Wildman–Crippen LogP) is 0.668. The van der Waals surface area contributed by atoms with Crippen molar-refractivity contribution in [3.05, 3.63) is 0 Å². The van der Waals surface area contributed by atoms with Crippen molar-refractivity contribution in [2.45, 2.75) is 38.6 Å². The van der Waals surface area contributed by atoms with Gasteiger partial charge in [0.1, 0.15) is 0 Å². The molecule has 0 spiro atoms. The largest absolute Gasteiger partial charge is 0.340 e. The van der Waals surface area contributed by atoms with Crippen molar-refractivity contribution >= 4 is 5.91 Å². The van der Waals surface area contributed by atoms with Gasteiger partial charge in [-0.05, 0) is 19.4 Å². The SMILES string of the molecule is CCN1CCN(C(=O)C2CCCCC2N)CC1. The van der Waals surface area contributed by atoms with E-state index in [-0.39, 0.29) is 12.0 Å². The third-order valence-electron chi connectivity index (χ3n) is 4.27. The zero-order valence-electron chi connectivity index (χ0n) is 10.9. The Morgan fingerprint density at radius 1 is 1.18 bits per heavy atom. The molecule has 1 heterocycles. The van der Waals surface area contributed by atoms with Crippen LogP contribution in [0.1, 0.15) is 32.6 Å². The minimum atomic E-state index is 0.0944. The monoisotopic (exact) mass is 239 g/mol. The lowest BCUT2D eigenvalue weighted by Gasteiger charge is -2.38. The van der Waals surface area contributed by atoms with E-state index >= 15 is 0 Å². The molecule has 0 aromatic heterocycles. The Bertz CT molecular complexity index is 261. The van der Waals surface area contributed by atoms with Crippen molar-refractivity contribution < 1.29 is 4.79 Å². The first-order chi connectivity index (χ1) is 8.22. The van der Waals surface area contributed by atoms with Gasteiger partial charge in [-0.2, -0.15) is 0 Å². The van der Waals surface area contributed by atoms with Crippen molar-refractivity contribution in [3.8, 4) is 0 Å². The third kappa shape index (κ3) is 2.99. The van der Waals surface area contributed by atoms with E-state index in [2.05, 4.69) is 11.8 Å². The highest BCUT2D eigenvalue weighted by molar-refractivity contribution is 5.79. The molecule has 2 N–H and O–H groups in total. The Hall–Kier alpha value is -0.610. The molecule has 2 rings (SSSR count). The molecule has 98 valence electrons. The molecule has 17 heavy (non-hydrogen) atoms. The van der Waals surface area contributed by atoms with Crippen LogP contribution in [-0.4, -0.2) is 54.5 Å². The standard InChI is InChI=1S/C13H25N3O/c1-2-15-7-9-16(10-8-15)13(17)11-5-3-4-6-12(11)14/h11-12H,2-10,14H2,1H3. The van der Waals surface area contributed by atoms with Crippen LogP contribution in [0, 0.1) is 5.92 Å². The average molecular weight is 239 g/mol. The summed E-state index contributed by atoms with van der Waals surface area (Å²) in [6, 6.07) is 0.0976. The van der Waals surface area contributed by atoms with Crippen molar-refractivity contribution in [1.82, 2.24) is 9.80 Å². The quantitative estimate of drug-likeness (QED) is 0.770. The molecule has 2 aliphatic rings. The summed E-state index contributed by atoms with van der Waals surface area (Å²) in [5, 5.41) is 0. The first-order valence-electron chi connectivity index (χ1n) is 6.99. The number of nitrogens with zero attached hydrogens (tertiary/aromatic N) is 2. The Morgan fingerprint density at radius 3 is 2.41 bits per heavy atom. The number of piperazine rings is 1. The van der Waals surface area contributed by atoms with E-state index in [1.54, 1.807) is 0 Å². The van der Waals surface area contributed by atoms with Crippen LogP contribution in [0.4, 0.5) is 0 Å². The van der Waals surface area contributed by atoms with E-state index in [4.69, 9.17) is 5.73 Å². The molecule has 2 atom stereocenters. The molecule has 0 radical (unpaired) electrons. The Morgan fingerprint density at radius 2 is 1.82 bits per heavy atom.